The summed E-state index contributed by atoms with van der Waals surface area (Å²) in [5, 5.41) is 3.35. The van der Waals surface area contributed by atoms with Crippen LogP contribution in [0.2, 0.25) is 0 Å². The molecule has 18 heavy (non-hydrogen) atoms. The van der Waals surface area contributed by atoms with Gasteiger partial charge in [0.25, 0.3) is 0 Å². The summed E-state index contributed by atoms with van der Waals surface area (Å²) < 4.78 is 6.47. The number of rotatable bonds is 3. The van der Waals surface area contributed by atoms with Crippen LogP contribution in [0.5, 0.6) is 0 Å². The van der Waals surface area contributed by atoms with E-state index in [0.717, 1.165) is 10.4 Å². The first-order valence-corrected chi connectivity index (χ1v) is 7.93. The maximum Gasteiger partial charge on any atom is 0.169 e. The van der Waals surface area contributed by atoms with Crippen molar-refractivity contribution in [2.45, 2.75) is 31.7 Å². The second-order valence-corrected chi connectivity index (χ2v) is 6.62. The summed E-state index contributed by atoms with van der Waals surface area (Å²) in [5.74, 6) is 0.975. The number of nitrogens with one attached hydrogen (secondary N) is 1. The molecule has 96 valence electrons. The van der Waals surface area contributed by atoms with Gasteiger partial charge in [0.15, 0.2) is 4.67 Å². The van der Waals surface area contributed by atoms with Crippen LogP contribution in [0.15, 0.2) is 27.3 Å². The molecule has 1 N–H and O–H groups in total. The quantitative estimate of drug-likeness (QED) is 0.910. The summed E-state index contributed by atoms with van der Waals surface area (Å²) in [6.45, 7) is 0. The van der Waals surface area contributed by atoms with Gasteiger partial charge in [0, 0.05) is 9.75 Å². The first-order chi connectivity index (χ1) is 8.78. The second-order valence-electron chi connectivity index (χ2n) is 4.67. The Bertz CT molecular complexity index is 522. The van der Waals surface area contributed by atoms with Gasteiger partial charge < -0.3 is 9.73 Å². The zero-order valence-electron chi connectivity index (χ0n) is 10.3. The molecule has 2 nitrogen and oxygen atoms in total. The Labute approximate surface area is 120 Å². The Morgan fingerprint density at radius 2 is 2.17 bits per heavy atom. The van der Waals surface area contributed by atoms with Crippen LogP contribution < -0.4 is 5.32 Å². The highest BCUT2D eigenvalue weighted by Gasteiger charge is 2.21. The maximum absolute atomic E-state index is 5.68. The lowest BCUT2D eigenvalue weighted by Crippen LogP contribution is -2.15. The van der Waals surface area contributed by atoms with Gasteiger partial charge in [0.1, 0.15) is 11.8 Å². The number of aryl methyl sites for hydroxylation is 2. The second kappa shape index (κ2) is 5.19. The fourth-order valence-corrected chi connectivity index (χ4v) is 4.26. The molecule has 1 aliphatic rings. The minimum Gasteiger partial charge on any atom is -0.452 e. The zero-order chi connectivity index (χ0) is 12.5. The minimum absolute atomic E-state index is 0.173. The normalized spacial score (nSPS) is 16.6. The van der Waals surface area contributed by atoms with E-state index in [-0.39, 0.29) is 6.04 Å². The molecule has 0 fully saturated rings. The van der Waals surface area contributed by atoms with Gasteiger partial charge >= 0.3 is 0 Å². The third-order valence-electron chi connectivity index (χ3n) is 3.47. The standard InChI is InChI=1S/C14H16BrNOS/c1-16-14(10-6-7-13(15)17-10)12-8-9-4-2-3-5-11(9)18-12/h6-8,14,16H,2-5H2,1H3. The number of hydrogen-bond donors (Lipinski definition) is 1. The fraction of sp³-hybridized carbons (Fsp3) is 0.429. The lowest BCUT2D eigenvalue weighted by molar-refractivity contribution is 0.449. The molecule has 0 bridgehead atoms. The Morgan fingerprint density at radius 1 is 1.33 bits per heavy atom. The van der Waals surface area contributed by atoms with Crippen molar-refractivity contribution in [1.29, 1.82) is 0 Å². The molecule has 0 radical (unpaired) electrons. The summed E-state index contributed by atoms with van der Waals surface area (Å²) in [5.41, 5.74) is 1.55. The first kappa shape index (κ1) is 12.5. The van der Waals surface area contributed by atoms with Crippen LogP contribution in [-0.2, 0) is 12.8 Å². The van der Waals surface area contributed by atoms with Crippen LogP contribution in [0, 0.1) is 0 Å². The van der Waals surface area contributed by atoms with E-state index in [9.17, 15) is 0 Å². The maximum atomic E-state index is 5.68. The number of furan rings is 1. The van der Waals surface area contributed by atoms with E-state index in [2.05, 4.69) is 27.3 Å². The van der Waals surface area contributed by atoms with Crippen LogP contribution in [0.25, 0.3) is 0 Å². The van der Waals surface area contributed by atoms with E-state index >= 15 is 0 Å². The Kier molecular flexibility index (Phi) is 3.59. The van der Waals surface area contributed by atoms with E-state index < -0.39 is 0 Å². The van der Waals surface area contributed by atoms with E-state index in [4.69, 9.17) is 4.42 Å². The van der Waals surface area contributed by atoms with Crippen molar-refractivity contribution < 1.29 is 4.42 Å². The van der Waals surface area contributed by atoms with Gasteiger partial charge in [-0.05, 0) is 72.4 Å². The highest BCUT2D eigenvalue weighted by atomic mass is 79.9. The Morgan fingerprint density at radius 3 is 2.83 bits per heavy atom. The SMILES string of the molecule is CNC(c1ccc(Br)o1)c1cc2c(s1)CCCC2. The van der Waals surface area contributed by atoms with Crippen molar-refractivity contribution in [3.63, 3.8) is 0 Å². The van der Waals surface area contributed by atoms with Crippen LogP contribution in [0.3, 0.4) is 0 Å². The zero-order valence-corrected chi connectivity index (χ0v) is 12.7. The molecule has 4 heteroatoms. The molecule has 2 heterocycles. The number of halogens is 1. The monoisotopic (exact) mass is 325 g/mol. The Hall–Kier alpha value is -0.580. The van der Waals surface area contributed by atoms with Crippen molar-refractivity contribution >= 4 is 27.3 Å². The molecule has 0 spiro atoms. The van der Waals surface area contributed by atoms with Crippen molar-refractivity contribution in [3.05, 3.63) is 43.9 Å². The van der Waals surface area contributed by atoms with Crippen molar-refractivity contribution in [2.24, 2.45) is 0 Å². The predicted octanol–water partition coefficient (Wildman–Crippen LogP) is 4.29. The van der Waals surface area contributed by atoms with Gasteiger partial charge in [-0.25, -0.2) is 0 Å². The van der Waals surface area contributed by atoms with E-state index in [1.807, 2.05) is 30.5 Å². The average Bonchev–Trinajstić information content (AvgIpc) is 2.96. The summed E-state index contributed by atoms with van der Waals surface area (Å²) in [7, 11) is 1.99. The fourth-order valence-electron chi connectivity index (χ4n) is 2.56. The molecule has 1 aliphatic carbocycles. The molecule has 0 amide bonds. The number of thiophene rings is 1. The molecule has 0 aromatic carbocycles. The topological polar surface area (TPSA) is 25.2 Å². The van der Waals surface area contributed by atoms with E-state index in [0.29, 0.717) is 0 Å². The van der Waals surface area contributed by atoms with Gasteiger partial charge in [0.05, 0.1) is 0 Å². The summed E-state index contributed by atoms with van der Waals surface area (Å²) >= 11 is 5.30. The number of fused-ring (bicyclic) bond motifs is 1. The van der Waals surface area contributed by atoms with Gasteiger partial charge in [0.2, 0.25) is 0 Å². The molecule has 0 saturated carbocycles. The average molecular weight is 326 g/mol. The molecule has 3 rings (SSSR count). The molecule has 0 aliphatic heterocycles. The molecule has 1 unspecified atom stereocenters. The molecule has 1 atom stereocenters. The predicted molar refractivity (Wildman–Crippen MR) is 78.3 cm³/mol. The molecular weight excluding hydrogens is 310 g/mol. The smallest absolute Gasteiger partial charge is 0.169 e. The first-order valence-electron chi connectivity index (χ1n) is 6.32. The molecule has 2 aromatic rings. The molecular formula is C14H16BrNOS. The van der Waals surface area contributed by atoms with Gasteiger partial charge in [-0.15, -0.1) is 11.3 Å². The molecule has 0 saturated heterocycles. The lowest BCUT2D eigenvalue weighted by Gasteiger charge is -2.11. The van der Waals surface area contributed by atoms with Gasteiger partial charge in [-0.1, -0.05) is 0 Å². The van der Waals surface area contributed by atoms with Crippen LogP contribution in [-0.4, -0.2) is 7.05 Å². The highest BCUT2D eigenvalue weighted by Crippen LogP contribution is 2.36. The van der Waals surface area contributed by atoms with E-state index in [1.165, 1.54) is 30.6 Å². The van der Waals surface area contributed by atoms with E-state index in [1.54, 1.807) is 10.4 Å². The Balaban J connectivity index is 1.94. The van der Waals surface area contributed by atoms with Crippen molar-refractivity contribution in [1.82, 2.24) is 5.32 Å². The van der Waals surface area contributed by atoms with Gasteiger partial charge in [-0.2, -0.15) is 0 Å². The summed E-state index contributed by atoms with van der Waals surface area (Å²) in [4.78, 5) is 2.94. The minimum atomic E-state index is 0.173. The number of hydrogen-bond acceptors (Lipinski definition) is 3. The summed E-state index contributed by atoms with van der Waals surface area (Å²) in [6.07, 6.45) is 5.16. The van der Waals surface area contributed by atoms with Crippen LogP contribution in [0.1, 0.15) is 40.0 Å². The van der Waals surface area contributed by atoms with Crippen LogP contribution in [0.4, 0.5) is 0 Å². The molecule has 2 aromatic heterocycles. The third kappa shape index (κ3) is 2.29. The van der Waals surface area contributed by atoms with Crippen LogP contribution >= 0.6 is 27.3 Å². The largest absolute Gasteiger partial charge is 0.452 e. The third-order valence-corrected chi connectivity index (χ3v) is 5.20. The lowest BCUT2D eigenvalue weighted by atomic mass is 9.98. The highest BCUT2D eigenvalue weighted by molar-refractivity contribution is 9.10. The van der Waals surface area contributed by atoms with Crippen molar-refractivity contribution in [3.8, 4) is 0 Å². The summed E-state index contributed by atoms with van der Waals surface area (Å²) in [6, 6.07) is 6.51. The van der Waals surface area contributed by atoms with Gasteiger partial charge in [-0.3, -0.25) is 0 Å². The van der Waals surface area contributed by atoms with Crippen molar-refractivity contribution in [2.75, 3.05) is 7.05 Å².